The lowest BCUT2D eigenvalue weighted by Gasteiger charge is -2.18. The number of thioether (sulfide) groups is 1. The Bertz CT molecular complexity index is 1260. The van der Waals surface area contributed by atoms with Gasteiger partial charge in [0, 0.05) is 11.8 Å². The number of carbonyl (C=O) groups excluding carboxylic acids is 1. The van der Waals surface area contributed by atoms with Gasteiger partial charge in [0.15, 0.2) is 5.17 Å². The van der Waals surface area contributed by atoms with E-state index in [-0.39, 0.29) is 5.91 Å². The molecule has 0 atom stereocenters. The summed E-state index contributed by atoms with van der Waals surface area (Å²) in [4.78, 5) is 19.6. The van der Waals surface area contributed by atoms with Crippen LogP contribution in [0.3, 0.4) is 0 Å². The minimum atomic E-state index is -0.207. The molecule has 0 fully saturated rings. The Morgan fingerprint density at radius 3 is 2.39 bits per heavy atom. The van der Waals surface area contributed by atoms with Crippen molar-refractivity contribution in [3.63, 3.8) is 0 Å². The molecule has 0 saturated carbocycles. The molecule has 1 heterocycles. The van der Waals surface area contributed by atoms with Gasteiger partial charge in [-0.1, -0.05) is 42.1 Å². The fourth-order valence-electron chi connectivity index (χ4n) is 3.25. The molecule has 4 rings (SSSR count). The summed E-state index contributed by atoms with van der Waals surface area (Å²) in [5, 5.41) is 9.58. The van der Waals surface area contributed by atoms with Crippen LogP contribution in [0.1, 0.15) is 16.7 Å². The molecular weight excluding hydrogens is 434 g/mol. The number of ether oxygens (including phenoxy) is 2. The zero-order valence-corrected chi connectivity index (χ0v) is 19.0. The second-order valence-electron chi connectivity index (χ2n) is 7.14. The fraction of sp³-hybridized carbons (Fsp3) is 0.115. The van der Waals surface area contributed by atoms with E-state index in [1.165, 1.54) is 11.8 Å². The number of hydrogen-bond acceptors (Lipinski definition) is 6. The van der Waals surface area contributed by atoms with Gasteiger partial charge in [-0.3, -0.25) is 9.69 Å². The van der Waals surface area contributed by atoms with Gasteiger partial charge in [0.25, 0.3) is 5.91 Å². The van der Waals surface area contributed by atoms with Gasteiger partial charge in [0.05, 0.1) is 31.5 Å². The first kappa shape index (κ1) is 22.2. The second-order valence-corrected chi connectivity index (χ2v) is 8.08. The maximum absolute atomic E-state index is 13.4. The third-order valence-electron chi connectivity index (χ3n) is 5.01. The molecule has 3 aromatic carbocycles. The van der Waals surface area contributed by atoms with E-state index >= 15 is 0 Å². The monoisotopic (exact) mass is 455 g/mol. The van der Waals surface area contributed by atoms with Crippen LogP contribution in [0.5, 0.6) is 11.5 Å². The minimum Gasteiger partial charge on any atom is -0.497 e. The molecule has 0 bridgehead atoms. The van der Waals surface area contributed by atoms with E-state index in [1.807, 2.05) is 60.7 Å². The number of hydrogen-bond donors (Lipinski definition) is 0. The summed E-state index contributed by atoms with van der Waals surface area (Å²) >= 11 is 1.46. The van der Waals surface area contributed by atoms with Crippen LogP contribution in [0.4, 0.5) is 5.69 Å². The summed E-state index contributed by atoms with van der Waals surface area (Å²) in [5.41, 5.74) is 3.54. The van der Waals surface area contributed by atoms with Crippen molar-refractivity contribution in [3.8, 4) is 17.6 Å². The molecule has 0 radical (unpaired) electrons. The molecule has 0 aromatic heterocycles. The molecule has 0 unspecified atom stereocenters. The molecule has 0 aliphatic carbocycles. The molecule has 164 valence electrons. The highest BCUT2D eigenvalue weighted by molar-refractivity contribution is 8.13. The Kier molecular flexibility index (Phi) is 6.77. The van der Waals surface area contributed by atoms with E-state index in [0.717, 1.165) is 16.9 Å². The average Bonchev–Trinajstić information content (AvgIpc) is 3.18. The molecule has 0 N–H and O–H groups in total. The predicted octanol–water partition coefficient (Wildman–Crippen LogP) is 5.25. The molecule has 7 heteroatoms. The van der Waals surface area contributed by atoms with Gasteiger partial charge in [-0.05, 0) is 53.6 Å². The summed E-state index contributed by atoms with van der Waals surface area (Å²) in [6.07, 6.45) is 1.77. The van der Waals surface area contributed by atoms with Gasteiger partial charge in [-0.15, -0.1) is 0 Å². The Balaban J connectivity index is 1.65. The smallest absolute Gasteiger partial charge is 0.283 e. The summed E-state index contributed by atoms with van der Waals surface area (Å²) < 4.78 is 10.5. The first-order valence-electron chi connectivity index (χ1n) is 10.2. The molecule has 1 aliphatic rings. The topological polar surface area (TPSA) is 74.9 Å². The zero-order chi connectivity index (χ0) is 23.2. The Labute approximate surface area is 196 Å². The van der Waals surface area contributed by atoms with Crippen molar-refractivity contribution < 1.29 is 14.3 Å². The SMILES string of the molecule is COc1ccc(C=C2N=C(SCc3ccc(C#N)cc3)N(c3cccc(OC)c3)C2=O)cc1. The predicted molar refractivity (Wildman–Crippen MR) is 131 cm³/mol. The maximum Gasteiger partial charge on any atom is 0.283 e. The quantitative estimate of drug-likeness (QED) is 0.475. The van der Waals surface area contributed by atoms with Crippen LogP contribution >= 0.6 is 11.8 Å². The number of nitrogens with zero attached hydrogens (tertiary/aromatic N) is 3. The highest BCUT2D eigenvalue weighted by Gasteiger charge is 2.32. The van der Waals surface area contributed by atoms with Gasteiger partial charge in [0.1, 0.15) is 17.2 Å². The van der Waals surface area contributed by atoms with E-state index in [9.17, 15) is 4.79 Å². The van der Waals surface area contributed by atoms with Crippen molar-refractivity contribution in [2.45, 2.75) is 5.75 Å². The van der Waals surface area contributed by atoms with E-state index in [2.05, 4.69) is 11.1 Å². The average molecular weight is 456 g/mol. The largest absolute Gasteiger partial charge is 0.497 e. The summed E-state index contributed by atoms with van der Waals surface area (Å²) in [7, 11) is 3.20. The van der Waals surface area contributed by atoms with Gasteiger partial charge in [0.2, 0.25) is 0 Å². The minimum absolute atomic E-state index is 0.207. The fourth-order valence-corrected chi connectivity index (χ4v) is 4.22. The Morgan fingerprint density at radius 2 is 1.73 bits per heavy atom. The molecule has 1 amide bonds. The summed E-state index contributed by atoms with van der Waals surface area (Å²) in [5.74, 6) is 1.80. The molecule has 0 saturated heterocycles. The lowest BCUT2D eigenvalue weighted by molar-refractivity contribution is -0.113. The van der Waals surface area contributed by atoms with Gasteiger partial charge in [-0.2, -0.15) is 5.26 Å². The number of nitriles is 1. The van der Waals surface area contributed by atoms with Gasteiger partial charge < -0.3 is 9.47 Å². The molecule has 1 aliphatic heterocycles. The van der Waals surface area contributed by atoms with Crippen LogP contribution in [-0.2, 0) is 10.5 Å². The van der Waals surface area contributed by atoms with Crippen molar-refractivity contribution in [3.05, 3.63) is 95.2 Å². The summed E-state index contributed by atoms with van der Waals surface area (Å²) in [6.45, 7) is 0. The van der Waals surface area contributed by atoms with Gasteiger partial charge >= 0.3 is 0 Å². The van der Waals surface area contributed by atoms with Crippen LogP contribution < -0.4 is 14.4 Å². The number of methoxy groups -OCH3 is 2. The molecule has 33 heavy (non-hydrogen) atoms. The number of anilines is 1. The third-order valence-corrected chi connectivity index (χ3v) is 6.02. The van der Waals surface area contributed by atoms with Crippen LogP contribution in [0, 0.1) is 11.3 Å². The lowest BCUT2D eigenvalue weighted by Crippen LogP contribution is -2.30. The maximum atomic E-state index is 13.4. The third kappa shape index (κ3) is 5.08. The highest BCUT2D eigenvalue weighted by Crippen LogP contribution is 2.32. The number of amides is 1. The molecule has 0 spiro atoms. The lowest BCUT2D eigenvalue weighted by atomic mass is 10.2. The first-order chi connectivity index (χ1) is 16.1. The Morgan fingerprint density at radius 1 is 1.00 bits per heavy atom. The standard InChI is InChI=1S/C26H21N3O3S/c1-31-22-12-10-18(11-13-22)14-24-25(30)29(21-4-3-5-23(15-21)32-2)26(28-24)33-17-20-8-6-19(16-27)7-9-20/h3-15H,17H2,1-2H3. The summed E-state index contributed by atoms with van der Waals surface area (Å²) in [6, 6.07) is 24.3. The number of rotatable bonds is 6. The molecule has 6 nitrogen and oxygen atoms in total. The van der Waals surface area contributed by atoms with Gasteiger partial charge in [-0.25, -0.2) is 4.99 Å². The second kappa shape index (κ2) is 10.1. The van der Waals surface area contributed by atoms with E-state index in [0.29, 0.717) is 33.6 Å². The van der Waals surface area contributed by atoms with E-state index in [4.69, 9.17) is 14.7 Å². The zero-order valence-electron chi connectivity index (χ0n) is 18.2. The Hall–Kier alpha value is -4.02. The molecular formula is C26H21N3O3S. The van der Waals surface area contributed by atoms with Crippen molar-refractivity contribution in [2.24, 2.45) is 4.99 Å². The number of amidine groups is 1. The van der Waals surface area contributed by atoms with Crippen molar-refractivity contribution in [2.75, 3.05) is 19.1 Å². The number of carbonyl (C=O) groups is 1. The van der Waals surface area contributed by atoms with Crippen LogP contribution in [0.2, 0.25) is 0 Å². The van der Waals surface area contributed by atoms with Crippen molar-refractivity contribution in [1.82, 2.24) is 0 Å². The van der Waals surface area contributed by atoms with Crippen LogP contribution in [-0.4, -0.2) is 25.3 Å². The van der Waals surface area contributed by atoms with E-state index < -0.39 is 0 Å². The highest BCUT2D eigenvalue weighted by atomic mass is 32.2. The van der Waals surface area contributed by atoms with Crippen LogP contribution in [0.25, 0.3) is 6.08 Å². The normalized spacial score (nSPS) is 14.2. The first-order valence-corrected chi connectivity index (χ1v) is 11.1. The molecule has 3 aromatic rings. The number of benzene rings is 3. The van der Waals surface area contributed by atoms with Crippen molar-refractivity contribution in [1.29, 1.82) is 5.26 Å². The van der Waals surface area contributed by atoms with E-state index in [1.54, 1.807) is 37.3 Å². The van der Waals surface area contributed by atoms with Crippen molar-refractivity contribution >= 4 is 34.6 Å². The van der Waals surface area contributed by atoms with Crippen LogP contribution in [0.15, 0.2) is 83.5 Å². The number of aliphatic imine (C=N–C) groups is 1.